The molecule has 160 valence electrons. The Balaban J connectivity index is 2.17. The lowest BCUT2D eigenvalue weighted by molar-refractivity contribution is 0.413. The predicted octanol–water partition coefficient (Wildman–Crippen LogP) is 4.04. The van der Waals surface area contributed by atoms with Gasteiger partial charge in [-0.3, -0.25) is 0 Å². The third-order valence-corrected chi connectivity index (χ3v) is 7.71. The highest BCUT2D eigenvalue weighted by atomic mass is 32.2. The first-order valence-electron chi connectivity index (χ1n) is 9.79. The van der Waals surface area contributed by atoms with Gasteiger partial charge in [0.15, 0.2) is 0 Å². The SMILES string of the molecule is COc1cccc(C(NS(=O)(=O)c2c(C)c(C)c(C)c(C)c2C)c2nccn2C)c1. The highest BCUT2D eigenvalue weighted by molar-refractivity contribution is 7.89. The van der Waals surface area contributed by atoms with E-state index in [1.54, 1.807) is 19.5 Å². The van der Waals surface area contributed by atoms with Crippen molar-refractivity contribution < 1.29 is 13.2 Å². The molecule has 0 bridgehead atoms. The number of nitrogens with one attached hydrogen (secondary N) is 1. The average molecular weight is 428 g/mol. The van der Waals surface area contributed by atoms with Gasteiger partial charge in [0.05, 0.1) is 12.0 Å². The van der Waals surface area contributed by atoms with Crippen molar-refractivity contribution in [1.82, 2.24) is 14.3 Å². The topological polar surface area (TPSA) is 73.2 Å². The molecule has 0 amide bonds. The summed E-state index contributed by atoms with van der Waals surface area (Å²) >= 11 is 0. The van der Waals surface area contributed by atoms with Gasteiger partial charge in [0.25, 0.3) is 0 Å². The predicted molar refractivity (Wildman–Crippen MR) is 118 cm³/mol. The van der Waals surface area contributed by atoms with Crippen molar-refractivity contribution in [1.29, 1.82) is 0 Å². The van der Waals surface area contributed by atoms with E-state index in [4.69, 9.17) is 4.74 Å². The van der Waals surface area contributed by atoms with Crippen molar-refractivity contribution in [3.05, 3.63) is 75.9 Å². The second kappa shape index (κ2) is 8.24. The zero-order valence-electron chi connectivity index (χ0n) is 18.6. The molecule has 2 aromatic carbocycles. The summed E-state index contributed by atoms with van der Waals surface area (Å²) in [4.78, 5) is 4.75. The van der Waals surface area contributed by atoms with Crippen LogP contribution in [0.2, 0.25) is 0 Å². The Morgan fingerprint density at radius 3 is 2.13 bits per heavy atom. The van der Waals surface area contributed by atoms with E-state index in [1.165, 1.54) is 0 Å². The number of nitrogens with zero attached hydrogens (tertiary/aromatic N) is 2. The van der Waals surface area contributed by atoms with Crippen LogP contribution in [-0.2, 0) is 17.1 Å². The van der Waals surface area contributed by atoms with E-state index in [1.807, 2.05) is 70.5 Å². The quantitative estimate of drug-likeness (QED) is 0.644. The summed E-state index contributed by atoms with van der Waals surface area (Å²) in [6.07, 6.45) is 3.46. The molecule has 0 aliphatic rings. The molecule has 30 heavy (non-hydrogen) atoms. The number of ether oxygens (including phenoxy) is 1. The zero-order chi connectivity index (χ0) is 22.2. The smallest absolute Gasteiger partial charge is 0.242 e. The minimum Gasteiger partial charge on any atom is -0.497 e. The van der Waals surface area contributed by atoms with Gasteiger partial charge < -0.3 is 9.30 Å². The van der Waals surface area contributed by atoms with E-state index in [9.17, 15) is 8.42 Å². The van der Waals surface area contributed by atoms with Crippen LogP contribution in [0.4, 0.5) is 0 Å². The minimum atomic E-state index is -3.84. The molecule has 0 fully saturated rings. The summed E-state index contributed by atoms with van der Waals surface area (Å²) in [7, 11) is -0.403. The first kappa shape index (κ1) is 22.1. The number of aromatic nitrogens is 2. The van der Waals surface area contributed by atoms with Crippen LogP contribution in [-0.4, -0.2) is 25.1 Å². The van der Waals surface area contributed by atoms with E-state index in [0.29, 0.717) is 16.5 Å². The highest BCUT2D eigenvalue weighted by Crippen LogP contribution is 2.32. The van der Waals surface area contributed by atoms with Crippen LogP contribution in [0, 0.1) is 34.6 Å². The Hall–Kier alpha value is -2.64. The number of sulfonamides is 1. The van der Waals surface area contributed by atoms with Gasteiger partial charge in [0.2, 0.25) is 10.0 Å². The number of methoxy groups -OCH3 is 1. The van der Waals surface area contributed by atoms with Crippen LogP contribution in [0.5, 0.6) is 5.75 Å². The Bertz CT molecular complexity index is 1170. The molecule has 6 nitrogen and oxygen atoms in total. The molecule has 0 aliphatic carbocycles. The summed E-state index contributed by atoms with van der Waals surface area (Å²) in [6.45, 7) is 9.69. The van der Waals surface area contributed by atoms with Crippen molar-refractivity contribution in [2.45, 2.75) is 45.6 Å². The lowest BCUT2D eigenvalue weighted by atomic mass is 9.95. The van der Waals surface area contributed by atoms with Crippen molar-refractivity contribution in [3.63, 3.8) is 0 Å². The average Bonchev–Trinajstić information content (AvgIpc) is 3.14. The second-order valence-corrected chi connectivity index (χ2v) is 9.33. The number of hydrogen-bond acceptors (Lipinski definition) is 4. The van der Waals surface area contributed by atoms with Gasteiger partial charge in [0.1, 0.15) is 17.6 Å². The molecule has 0 spiro atoms. The van der Waals surface area contributed by atoms with Gasteiger partial charge in [-0.05, 0) is 80.1 Å². The normalized spacial score (nSPS) is 12.8. The Morgan fingerprint density at radius 1 is 1.00 bits per heavy atom. The Labute approximate surface area is 179 Å². The summed E-state index contributed by atoms with van der Waals surface area (Å²) < 4.78 is 37.4. The van der Waals surface area contributed by atoms with Crippen LogP contribution < -0.4 is 9.46 Å². The lowest BCUT2D eigenvalue weighted by Crippen LogP contribution is -2.32. The number of aryl methyl sites for hydroxylation is 1. The summed E-state index contributed by atoms with van der Waals surface area (Å²) in [5, 5.41) is 0. The fourth-order valence-corrected chi connectivity index (χ4v) is 5.61. The number of hydrogen-bond donors (Lipinski definition) is 1. The van der Waals surface area contributed by atoms with Crippen LogP contribution in [0.25, 0.3) is 0 Å². The molecule has 3 rings (SSSR count). The van der Waals surface area contributed by atoms with E-state index in [2.05, 4.69) is 9.71 Å². The monoisotopic (exact) mass is 427 g/mol. The zero-order valence-corrected chi connectivity index (χ0v) is 19.4. The maximum Gasteiger partial charge on any atom is 0.242 e. The van der Waals surface area contributed by atoms with Crippen molar-refractivity contribution in [3.8, 4) is 5.75 Å². The van der Waals surface area contributed by atoms with Crippen LogP contribution in [0.3, 0.4) is 0 Å². The van der Waals surface area contributed by atoms with E-state index in [0.717, 1.165) is 33.4 Å². The van der Waals surface area contributed by atoms with Crippen molar-refractivity contribution >= 4 is 10.0 Å². The van der Waals surface area contributed by atoms with Crippen LogP contribution in [0.15, 0.2) is 41.6 Å². The van der Waals surface area contributed by atoms with Crippen molar-refractivity contribution in [2.75, 3.05) is 7.11 Å². The first-order chi connectivity index (χ1) is 14.1. The molecule has 0 saturated carbocycles. The van der Waals surface area contributed by atoms with Gasteiger partial charge in [0, 0.05) is 19.4 Å². The maximum absolute atomic E-state index is 13.7. The first-order valence-corrected chi connectivity index (χ1v) is 11.3. The highest BCUT2D eigenvalue weighted by Gasteiger charge is 2.29. The molecule has 1 atom stereocenters. The molecule has 1 unspecified atom stereocenters. The fourth-order valence-electron chi connectivity index (χ4n) is 3.83. The van der Waals surface area contributed by atoms with E-state index >= 15 is 0 Å². The number of benzene rings is 2. The lowest BCUT2D eigenvalue weighted by Gasteiger charge is -2.23. The molecule has 7 heteroatoms. The maximum atomic E-state index is 13.7. The Kier molecular flexibility index (Phi) is 6.06. The standard InChI is InChI=1S/C23H29N3O3S/c1-14-15(2)17(4)22(18(5)16(14)3)30(27,28)25-21(23-24-11-12-26(23)6)19-9-8-10-20(13-19)29-7/h8-13,21,25H,1-7H3. The summed E-state index contributed by atoms with van der Waals surface area (Å²) in [6, 6.07) is 6.71. The van der Waals surface area contributed by atoms with E-state index in [-0.39, 0.29) is 0 Å². The summed E-state index contributed by atoms with van der Waals surface area (Å²) in [5.41, 5.74) is 5.40. The van der Waals surface area contributed by atoms with Gasteiger partial charge in [-0.15, -0.1) is 0 Å². The van der Waals surface area contributed by atoms with Crippen molar-refractivity contribution in [2.24, 2.45) is 7.05 Å². The second-order valence-electron chi connectivity index (χ2n) is 7.68. The largest absolute Gasteiger partial charge is 0.497 e. The third kappa shape index (κ3) is 3.87. The molecule has 1 heterocycles. The minimum absolute atomic E-state index is 0.338. The Morgan fingerprint density at radius 2 is 1.60 bits per heavy atom. The fraction of sp³-hybridized carbons (Fsp3) is 0.348. The molecule has 0 aliphatic heterocycles. The molecule has 0 radical (unpaired) electrons. The molecule has 1 N–H and O–H groups in total. The van der Waals surface area contributed by atoms with Crippen LogP contribution in [0.1, 0.15) is 45.2 Å². The van der Waals surface area contributed by atoms with Gasteiger partial charge in [-0.25, -0.2) is 13.4 Å². The molecular formula is C23H29N3O3S. The van der Waals surface area contributed by atoms with Crippen LogP contribution >= 0.6 is 0 Å². The van der Waals surface area contributed by atoms with E-state index < -0.39 is 16.1 Å². The van der Waals surface area contributed by atoms with Gasteiger partial charge >= 0.3 is 0 Å². The number of imidazole rings is 1. The van der Waals surface area contributed by atoms with Gasteiger partial charge in [-0.1, -0.05) is 12.1 Å². The summed E-state index contributed by atoms with van der Waals surface area (Å²) in [5.74, 6) is 1.25. The van der Waals surface area contributed by atoms with Gasteiger partial charge in [-0.2, -0.15) is 4.72 Å². The molecular weight excluding hydrogens is 398 g/mol. The molecule has 1 aromatic heterocycles. The third-order valence-electron chi connectivity index (χ3n) is 6.02. The number of rotatable bonds is 6. The molecule has 3 aromatic rings. The molecule has 0 saturated heterocycles.